The first-order valence-corrected chi connectivity index (χ1v) is 3.87. The van der Waals surface area contributed by atoms with Crippen molar-refractivity contribution < 1.29 is 4.79 Å². The van der Waals surface area contributed by atoms with Gasteiger partial charge in [0.1, 0.15) is 0 Å². The van der Waals surface area contributed by atoms with Crippen LogP contribution in [0.2, 0.25) is 0 Å². The lowest BCUT2D eigenvalue weighted by atomic mass is 10.3. The third-order valence-electron chi connectivity index (χ3n) is 1.27. The first-order valence-electron chi connectivity index (χ1n) is 3.06. The maximum Gasteiger partial charge on any atom is 0.169 e. The average molecular weight is 168 g/mol. The maximum atomic E-state index is 10.8. The minimum Gasteiger partial charge on any atom is -0.397 e. The van der Waals surface area contributed by atoms with E-state index in [0.717, 1.165) is 6.21 Å². The molecule has 3 N–H and O–H groups in total. The fourth-order valence-electron chi connectivity index (χ4n) is 0.706. The highest BCUT2D eigenvalue weighted by molar-refractivity contribution is 7.16. The van der Waals surface area contributed by atoms with Crippen LogP contribution in [0.5, 0.6) is 0 Å². The third-order valence-corrected chi connectivity index (χ3v) is 2.47. The number of anilines is 1. The van der Waals surface area contributed by atoms with E-state index in [1.54, 1.807) is 6.07 Å². The summed E-state index contributed by atoms with van der Waals surface area (Å²) in [5.74, 6) is -0.00481. The van der Waals surface area contributed by atoms with Crippen molar-refractivity contribution in [3.05, 3.63) is 15.8 Å². The van der Waals surface area contributed by atoms with Crippen LogP contribution in [0.1, 0.15) is 21.5 Å². The maximum absolute atomic E-state index is 10.8. The molecule has 3 nitrogen and oxygen atoms in total. The Morgan fingerprint density at radius 2 is 2.45 bits per heavy atom. The lowest BCUT2D eigenvalue weighted by Gasteiger charge is -1.82. The van der Waals surface area contributed by atoms with Crippen LogP contribution in [0.25, 0.3) is 0 Å². The van der Waals surface area contributed by atoms with E-state index in [1.807, 2.05) is 0 Å². The molecule has 11 heavy (non-hydrogen) atoms. The Hall–Kier alpha value is -1.16. The molecule has 0 aromatic carbocycles. The fourth-order valence-corrected chi connectivity index (χ4v) is 1.51. The van der Waals surface area contributed by atoms with Gasteiger partial charge < -0.3 is 11.1 Å². The van der Waals surface area contributed by atoms with Gasteiger partial charge in [-0.3, -0.25) is 4.79 Å². The van der Waals surface area contributed by atoms with Crippen molar-refractivity contribution in [1.29, 1.82) is 5.41 Å². The van der Waals surface area contributed by atoms with Crippen molar-refractivity contribution in [2.45, 2.75) is 6.92 Å². The highest BCUT2D eigenvalue weighted by Gasteiger charge is 2.06. The minimum atomic E-state index is -0.00481. The number of carbonyl (C=O) groups is 1. The van der Waals surface area contributed by atoms with Crippen molar-refractivity contribution in [3.8, 4) is 0 Å². The van der Waals surface area contributed by atoms with Gasteiger partial charge in [0.25, 0.3) is 0 Å². The summed E-state index contributed by atoms with van der Waals surface area (Å²) in [5.41, 5.74) is 6.01. The van der Waals surface area contributed by atoms with Gasteiger partial charge in [0, 0.05) is 6.21 Å². The van der Waals surface area contributed by atoms with Gasteiger partial charge in [0.05, 0.1) is 15.4 Å². The Kier molecular flexibility index (Phi) is 2.05. The topological polar surface area (TPSA) is 66.9 Å². The van der Waals surface area contributed by atoms with Crippen LogP contribution in [0, 0.1) is 5.41 Å². The average Bonchev–Trinajstić information content (AvgIpc) is 2.31. The lowest BCUT2D eigenvalue weighted by Crippen LogP contribution is -1.86. The molecule has 4 heteroatoms. The Morgan fingerprint density at radius 3 is 2.73 bits per heavy atom. The molecule has 1 aromatic rings. The van der Waals surface area contributed by atoms with E-state index < -0.39 is 0 Å². The zero-order chi connectivity index (χ0) is 8.43. The smallest absolute Gasteiger partial charge is 0.169 e. The standard InChI is InChI=1S/C7H8N2OS/c1-4(10)6-2-5(9)7(3-8)11-6/h2-3,8H,9H2,1H3. The largest absolute Gasteiger partial charge is 0.397 e. The second-order valence-corrected chi connectivity index (χ2v) is 3.21. The van der Waals surface area contributed by atoms with Gasteiger partial charge in [-0.1, -0.05) is 0 Å². The molecule has 0 atom stereocenters. The zero-order valence-electron chi connectivity index (χ0n) is 6.05. The van der Waals surface area contributed by atoms with Crippen molar-refractivity contribution in [1.82, 2.24) is 0 Å². The molecule has 0 radical (unpaired) electrons. The van der Waals surface area contributed by atoms with Crippen molar-refractivity contribution in [2.75, 3.05) is 5.73 Å². The van der Waals surface area contributed by atoms with Crippen LogP contribution in [0.4, 0.5) is 5.69 Å². The summed E-state index contributed by atoms with van der Waals surface area (Å²) < 4.78 is 0. The summed E-state index contributed by atoms with van der Waals surface area (Å²) in [4.78, 5) is 12.1. The molecule has 0 aliphatic rings. The SMILES string of the molecule is CC(=O)c1cc(N)c(C=N)s1. The number of nitrogens with one attached hydrogen (secondary N) is 1. The highest BCUT2D eigenvalue weighted by atomic mass is 32.1. The summed E-state index contributed by atoms with van der Waals surface area (Å²) in [6, 6.07) is 1.60. The molecule has 0 spiro atoms. The molecule has 0 aliphatic heterocycles. The predicted octanol–water partition coefficient (Wildman–Crippen LogP) is 1.53. The van der Waals surface area contributed by atoms with Gasteiger partial charge in [-0.15, -0.1) is 11.3 Å². The number of nitrogens with two attached hydrogens (primary N) is 1. The van der Waals surface area contributed by atoms with Gasteiger partial charge in [0.2, 0.25) is 0 Å². The molecule has 0 amide bonds. The first-order chi connectivity index (χ1) is 5.15. The van der Waals surface area contributed by atoms with E-state index in [-0.39, 0.29) is 5.78 Å². The van der Waals surface area contributed by atoms with Gasteiger partial charge in [-0.25, -0.2) is 0 Å². The minimum absolute atomic E-state index is 0.00481. The van der Waals surface area contributed by atoms with Crippen LogP contribution >= 0.6 is 11.3 Å². The quantitative estimate of drug-likeness (QED) is 0.519. The van der Waals surface area contributed by atoms with E-state index >= 15 is 0 Å². The molecule has 1 heterocycles. The number of Topliss-reactive ketones (excluding diaryl/α,β-unsaturated/α-hetero) is 1. The van der Waals surface area contributed by atoms with E-state index in [1.165, 1.54) is 18.3 Å². The molecule has 0 bridgehead atoms. The number of hydrogen-bond donors (Lipinski definition) is 2. The number of ketones is 1. The Morgan fingerprint density at radius 1 is 1.82 bits per heavy atom. The molecule has 0 saturated carbocycles. The van der Waals surface area contributed by atoms with Gasteiger partial charge in [-0.2, -0.15) is 0 Å². The molecule has 0 unspecified atom stereocenters. The Balaban J connectivity index is 3.14. The van der Waals surface area contributed by atoms with Gasteiger partial charge in [-0.05, 0) is 13.0 Å². The second-order valence-electron chi connectivity index (χ2n) is 2.13. The molecule has 58 valence electrons. The number of thiophene rings is 1. The van der Waals surface area contributed by atoms with E-state index in [2.05, 4.69) is 0 Å². The van der Waals surface area contributed by atoms with Crippen molar-refractivity contribution in [3.63, 3.8) is 0 Å². The predicted molar refractivity (Wildman–Crippen MR) is 46.6 cm³/mol. The molecular weight excluding hydrogens is 160 g/mol. The van der Waals surface area contributed by atoms with E-state index in [4.69, 9.17) is 11.1 Å². The Bertz CT molecular complexity index is 303. The van der Waals surface area contributed by atoms with Crippen LogP contribution in [0.3, 0.4) is 0 Å². The zero-order valence-corrected chi connectivity index (χ0v) is 6.87. The van der Waals surface area contributed by atoms with E-state index in [9.17, 15) is 4.79 Å². The molecule has 0 saturated heterocycles. The van der Waals surface area contributed by atoms with Crippen LogP contribution in [-0.2, 0) is 0 Å². The number of rotatable bonds is 2. The van der Waals surface area contributed by atoms with Crippen LogP contribution < -0.4 is 5.73 Å². The van der Waals surface area contributed by atoms with E-state index in [0.29, 0.717) is 15.4 Å². The number of nitrogen functional groups attached to an aromatic ring is 1. The monoisotopic (exact) mass is 168 g/mol. The number of hydrogen-bond acceptors (Lipinski definition) is 4. The van der Waals surface area contributed by atoms with Crippen molar-refractivity contribution >= 4 is 29.0 Å². The number of carbonyl (C=O) groups excluding carboxylic acids is 1. The summed E-state index contributed by atoms with van der Waals surface area (Å²) >= 11 is 1.25. The Labute approximate surface area is 68.4 Å². The summed E-state index contributed by atoms with van der Waals surface area (Å²) in [6.45, 7) is 1.49. The molecule has 1 aromatic heterocycles. The fraction of sp³-hybridized carbons (Fsp3) is 0.143. The highest BCUT2D eigenvalue weighted by Crippen LogP contribution is 2.22. The molecular formula is C7H8N2OS. The van der Waals surface area contributed by atoms with Crippen LogP contribution in [-0.4, -0.2) is 12.0 Å². The molecule has 1 rings (SSSR count). The summed E-state index contributed by atoms with van der Waals surface area (Å²) in [7, 11) is 0. The normalized spacial score (nSPS) is 9.55. The first kappa shape index (κ1) is 7.94. The summed E-state index contributed by atoms with van der Waals surface area (Å²) in [5, 5.41) is 6.93. The third kappa shape index (κ3) is 1.46. The molecule has 0 fully saturated rings. The van der Waals surface area contributed by atoms with Crippen molar-refractivity contribution in [2.24, 2.45) is 0 Å². The van der Waals surface area contributed by atoms with Gasteiger partial charge >= 0.3 is 0 Å². The van der Waals surface area contributed by atoms with Crippen LogP contribution in [0.15, 0.2) is 6.07 Å². The van der Waals surface area contributed by atoms with Gasteiger partial charge in [0.15, 0.2) is 5.78 Å². The molecule has 0 aliphatic carbocycles. The second kappa shape index (κ2) is 2.84. The summed E-state index contributed by atoms with van der Waals surface area (Å²) in [6.07, 6.45) is 1.16. The lowest BCUT2D eigenvalue weighted by molar-refractivity contribution is 0.102.